The van der Waals surface area contributed by atoms with Crippen LogP contribution in [0.5, 0.6) is 0 Å². The zero-order valence-corrected chi connectivity index (χ0v) is 6.69. The van der Waals surface area contributed by atoms with Gasteiger partial charge in [-0.25, -0.2) is 8.42 Å². The smallest absolute Gasteiger partial charge is 0.175 e. The number of rotatable bonds is 1. The topological polar surface area (TPSA) is 34.1 Å². The summed E-state index contributed by atoms with van der Waals surface area (Å²) >= 11 is 0. The minimum absolute atomic E-state index is 0.457. The Hall–Kier alpha value is -0.570. The van der Waals surface area contributed by atoms with Crippen LogP contribution < -0.4 is 0 Å². The van der Waals surface area contributed by atoms with Gasteiger partial charge in [0.15, 0.2) is 9.84 Å². The molecule has 1 aliphatic carbocycles. The summed E-state index contributed by atoms with van der Waals surface area (Å²) in [7, 11) is -2.95. The van der Waals surface area contributed by atoms with Gasteiger partial charge in [0.2, 0.25) is 0 Å². The summed E-state index contributed by atoms with van der Waals surface area (Å²) < 4.78 is 21.7. The van der Waals surface area contributed by atoms with Crippen molar-refractivity contribution in [3.63, 3.8) is 0 Å². The van der Waals surface area contributed by atoms with Crippen molar-refractivity contribution < 1.29 is 8.42 Å². The number of hydrogen-bond donors (Lipinski definition) is 0. The molecule has 0 fully saturated rings. The molecule has 0 N–H and O–H groups in total. The zero-order valence-electron chi connectivity index (χ0n) is 5.87. The molecule has 1 rings (SSSR count). The predicted octanol–water partition coefficient (Wildman–Crippen LogP) is 1.26. The lowest BCUT2D eigenvalue weighted by atomic mass is 10.2. The first kappa shape index (κ1) is 7.54. The predicted molar refractivity (Wildman–Crippen MR) is 41.3 cm³/mol. The molecule has 0 aromatic carbocycles. The molecular weight excluding hydrogens is 148 g/mol. The van der Waals surface area contributed by atoms with Crippen LogP contribution >= 0.6 is 0 Å². The van der Waals surface area contributed by atoms with Crippen LogP contribution in [0.4, 0.5) is 0 Å². The Kier molecular flexibility index (Phi) is 1.94. The van der Waals surface area contributed by atoms with E-state index in [1.54, 1.807) is 12.2 Å². The van der Waals surface area contributed by atoms with Gasteiger partial charge in [0.05, 0.1) is 4.91 Å². The SMILES string of the molecule is CS(=O)(=O)C1=CCCC=C1. The second-order valence-corrected chi connectivity index (χ2v) is 4.37. The van der Waals surface area contributed by atoms with Gasteiger partial charge in [-0.1, -0.05) is 12.2 Å². The van der Waals surface area contributed by atoms with E-state index in [0.717, 1.165) is 12.8 Å². The normalized spacial score (nSPS) is 18.7. The first-order valence-electron chi connectivity index (χ1n) is 3.17. The number of sulfone groups is 1. The average molecular weight is 158 g/mol. The molecule has 1 aliphatic rings. The first-order valence-corrected chi connectivity index (χ1v) is 5.06. The number of allylic oxidation sites excluding steroid dienone is 3. The average Bonchev–Trinajstić information content (AvgIpc) is 1.88. The lowest BCUT2D eigenvalue weighted by Crippen LogP contribution is -1.99. The van der Waals surface area contributed by atoms with Crippen LogP contribution in [0.2, 0.25) is 0 Å². The zero-order chi connectivity index (χ0) is 7.61. The van der Waals surface area contributed by atoms with Gasteiger partial charge in [-0.2, -0.15) is 0 Å². The van der Waals surface area contributed by atoms with Crippen LogP contribution in [0.3, 0.4) is 0 Å². The van der Waals surface area contributed by atoms with E-state index in [4.69, 9.17) is 0 Å². The summed E-state index contributed by atoms with van der Waals surface area (Å²) in [6, 6.07) is 0. The summed E-state index contributed by atoms with van der Waals surface area (Å²) in [5, 5.41) is 0. The molecule has 0 saturated heterocycles. The van der Waals surface area contributed by atoms with Crippen molar-refractivity contribution in [2.24, 2.45) is 0 Å². The van der Waals surface area contributed by atoms with E-state index in [-0.39, 0.29) is 0 Å². The molecule has 2 nitrogen and oxygen atoms in total. The standard InChI is InChI=1S/C7H10O2S/c1-10(8,9)7-5-3-2-4-6-7/h3,5-6H,2,4H2,1H3. The minimum Gasteiger partial charge on any atom is -0.224 e. The maximum Gasteiger partial charge on any atom is 0.175 e. The van der Waals surface area contributed by atoms with Crippen molar-refractivity contribution in [1.29, 1.82) is 0 Å². The molecule has 0 saturated carbocycles. The maximum atomic E-state index is 10.9. The lowest BCUT2D eigenvalue weighted by Gasteiger charge is -2.02. The van der Waals surface area contributed by atoms with Crippen molar-refractivity contribution >= 4 is 9.84 Å². The van der Waals surface area contributed by atoms with Crippen molar-refractivity contribution in [2.45, 2.75) is 12.8 Å². The molecule has 56 valence electrons. The largest absolute Gasteiger partial charge is 0.224 e. The van der Waals surface area contributed by atoms with Gasteiger partial charge in [0.25, 0.3) is 0 Å². The molecule has 0 atom stereocenters. The second kappa shape index (κ2) is 2.58. The van der Waals surface area contributed by atoms with E-state index in [2.05, 4.69) is 0 Å². The molecule has 0 spiro atoms. The van der Waals surface area contributed by atoms with Gasteiger partial charge in [-0.3, -0.25) is 0 Å². The molecule has 10 heavy (non-hydrogen) atoms. The lowest BCUT2D eigenvalue weighted by molar-refractivity contribution is 0.608. The summed E-state index contributed by atoms with van der Waals surface area (Å²) in [6.45, 7) is 0. The highest BCUT2D eigenvalue weighted by Gasteiger charge is 2.08. The maximum absolute atomic E-state index is 10.9. The van der Waals surface area contributed by atoms with E-state index >= 15 is 0 Å². The van der Waals surface area contributed by atoms with Crippen molar-refractivity contribution in [2.75, 3.05) is 6.26 Å². The van der Waals surface area contributed by atoms with E-state index in [9.17, 15) is 8.42 Å². The minimum atomic E-state index is -2.95. The van der Waals surface area contributed by atoms with Crippen molar-refractivity contribution in [3.05, 3.63) is 23.1 Å². The highest BCUT2D eigenvalue weighted by molar-refractivity contribution is 7.94. The Labute approximate surface area is 61.2 Å². The number of hydrogen-bond acceptors (Lipinski definition) is 2. The van der Waals surface area contributed by atoms with Gasteiger partial charge in [0, 0.05) is 6.26 Å². The van der Waals surface area contributed by atoms with Gasteiger partial charge in [0.1, 0.15) is 0 Å². The molecule has 0 radical (unpaired) electrons. The Morgan fingerprint density at radius 1 is 1.40 bits per heavy atom. The van der Waals surface area contributed by atoms with Crippen molar-refractivity contribution in [1.82, 2.24) is 0 Å². The van der Waals surface area contributed by atoms with E-state index in [1.165, 1.54) is 6.26 Å². The van der Waals surface area contributed by atoms with Gasteiger partial charge >= 0.3 is 0 Å². The Bertz CT molecular complexity index is 270. The molecule has 0 amide bonds. The molecule has 0 unspecified atom stereocenters. The van der Waals surface area contributed by atoms with Gasteiger partial charge in [-0.05, 0) is 18.9 Å². The van der Waals surface area contributed by atoms with Crippen molar-refractivity contribution in [3.8, 4) is 0 Å². The second-order valence-electron chi connectivity index (χ2n) is 2.36. The quantitative estimate of drug-likeness (QED) is 0.575. The highest BCUT2D eigenvalue weighted by atomic mass is 32.2. The van der Waals surface area contributed by atoms with E-state index < -0.39 is 9.84 Å². The Balaban J connectivity index is 2.94. The van der Waals surface area contributed by atoms with Gasteiger partial charge < -0.3 is 0 Å². The summed E-state index contributed by atoms with van der Waals surface area (Å²) in [4.78, 5) is 0.457. The fourth-order valence-corrected chi connectivity index (χ4v) is 1.63. The fourth-order valence-electron chi connectivity index (χ4n) is 0.864. The molecule has 0 aliphatic heterocycles. The molecule has 0 heterocycles. The van der Waals surface area contributed by atoms with Crippen LogP contribution in [0.25, 0.3) is 0 Å². The van der Waals surface area contributed by atoms with E-state index in [1.807, 2.05) is 6.08 Å². The summed E-state index contributed by atoms with van der Waals surface area (Å²) in [5.41, 5.74) is 0. The monoisotopic (exact) mass is 158 g/mol. The summed E-state index contributed by atoms with van der Waals surface area (Å²) in [6.07, 6.45) is 8.34. The van der Waals surface area contributed by atoms with Crippen LogP contribution in [0, 0.1) is 0 Å². The van der Waals surface area contributed by atoms with Crippen LogP contribution in [0.1, 0.15) is 12.8 Å². The first-order chi connectivity index (χ1) is 4.61. The van der Waals surface area contributed by atoms with E-state index in [0.29, 0.717) is 4.91 Å². The third kappa shape index (κ3) is 1.70. The molecule has 0 aromatic heterocycles. The fraction of sp³-hybridized carbons (Fsp3) is 0.429. The van der Waals surface area contributed by atoms with Crippen LogP contribution in [0.15, 0.2) is 23.1 Å². The Morgan fingerprint density at radius 2 is 2.10 bits per heavy atom. The van der Waals surface area contributed by atoms with Crippen LogP contribution in [-0.2, 0) is 9.84 Å². The Morgan fingerprint density at radius 3 is 2.40 bits per heavy atom. The molecule has 3 heteroatoms. The molecule has 0 bridgehead atoms. The van der Waals surface area contributed by atoms with Crippen LogP contribution in [-0.4, -0.2) is 14.7 Å². The molecular formula is C7H10O2S. The third-order valence-corrected chi connectivity index (χ3v) is 2.55. The third-order valence-electron chi connectivity index (χ3n) is 1.39. The van der Waals surface area contributed by atoms with Gasteiger partial charge in [-0.15, -0.1) is 0 Å². The summed E-state index contributed by atoms with van der Waals surface area (Å²) in [5.74, 6) is 0. The highest BCUT2D eigenvalue weighted by Crippen LogP contribution is 2.13. The molecule has 0 aromatic rings.